The SMILES string of the molecule is O=C(C1CCCO1)N1CCN(CCCCO)CC1. The lowest BCUT2D eigenvalue weighted by molar-refractivity contribution is -0.142. The van der Waals surface area contributed by atoms with Crippen LogP contribution in [0.4, 0.5) is 0 Å². The molecule has 2 rings (SSSR count). The first-order valence-corrected chi connectivity index (χ1v) is 7.05. The molecule has 0 aromatic heterocycles. The lowest BCUT2D eigenvalue weighted by Crippen LogP contribution is -2.51. The monoisotopic (exact) mass is 256 g/mol. The maximum absolute atomic E-state index is 12.1. The van der Waals surface area contributed by atoms with Crippen molar-refractivity contribution < 1.29 is 14.6 Å². The number of aliphatic hydroxyl groups excluding tert-OH is 1. The summed E-state index contributed by atoms with van der Waals surface area (Å²) in [6, 6.07) is 0. The van der Waals surface area contributed by atoms with Crippen LogP contribution in [-0.4, -0.2) is 72.9 Å². The van der Waals surface area contributed by atoms with Crippen LogP contribution in [0.3, 0.4) is 0 Å². The van der Waals surface area contributed by atoms with Gasteiger partial charge in [-0.1, -0.05) is 0 Å². The van der Waals surface area contributed by atoms with Gasteiger partial charge in [0.25, 0.3) is 5.91 Å². The van der Waals surface area contributed by atoms with Crippen LogP contribution >= 0.6 is 0 Å². The Balaban J connectivity index is 1.67. The fourth-order valence-electron chi connectivity index (χ4n) is 2.62. The van der Waals surface area contributed by atoms with Crippen LogP contribution in [-0.2, 0) is 9.53 Å². The van der Waals surface area contributed by atoms with Crippen LogP contribution in [0.2, 0.25) is 0 Å². The van der Waals surface area contributed by atoms with Gasteiger partial charge in [-0.05, 0) is 32.2 Å². The summed E-state index contributed by atoms with van der Waals surface area (Å²) in [5.74, 6) is 0.183. The molecular weight excluding hydrogens is 232 g/mol. The van der Waals surface area contributed by atoms with Crippen molar-refractivity contribution >= 4 is 5.91 Å². The molecule has 0 aromatic carbocycles. The number of aliphatic hydroxyl groups is 1. The van der Waals surface area contributed by atoms with Crippen LogP contribution in [0, 0.1) is 0 Å². The first-order chi connectivity index (χ1) is 8.81. The number of hydrogen-bond donors (Lipinski definition) is 1. The zero-order valence-corrected chi connectivity index (χ0v) is 11.0. The number of carbonyl (C=O) groups is 1. The molecule has 2 aliphatic heterocycles. The van der Waals surface area contributed by atoms with Gasteiger partial charge in [-0.2, -0.15) is 0 Å². The molecule has 0 spiro atoms. The third kappa shape index (κ3) is 3.67. The molecule has 0 radical (unpaired) electrons. The quantitative estimate of drug-likeness (QED) is 0.708. The summed E-state index contributed by atoms with van der Waals surface area (Å²) in [7, 11) is 0. The summed E-state index contributed by atoms with van der Waals surface area (Å²) in [6.45, 7) is 5.57. The zero-order valence-electron chi connectivity index (χ0n) is 11.0. The molecule has 0 bridgehead atoms. The second kappa shape index (κ2) is 7.07. The molecule has 5 nitrogen and oxygen atoms in total. The van der Waals surface area contributed by atoms with Crippen molar-refractivity contribution in [2.24, 2.45) is 0 Å². The van der Waals surface area contributed by atoms with Crippen molar-refractivity contribution in [2.75, 3.05) is 45.9 Å². The highest BCUT2D eigenvalue weighted by Gasteiger charge is 2.29. The van der Waals surface area contributed by atoms with Gasteiger partial charge in [0.05, 0.1) is 0 Å². The Hall–Kier alpha value is -0.650. The molecule has 18 heavy (non-hydrogen) atoms. The molecule has 0 saturated carbocycles. The van der Waals surface area contributed by atoms with Crippen molar-refractivity contribution in [1.29, 1.82) is 0 Å². The molecule has 1 N–H and O–H groups in total. The second-order valence-electron chi connectivity index (χ2n) is 5.10. The molecule has 1 amide bonds. The number of piperazine rings is 1. The topological polar surface area (TPSA) is 53.0 Å². The standard InChI is InChI=1S/C13H24N2O3/c16-10-2-1-5-14-6-8-15(9-7-14)13(17)12-4-3-11-18-12/h12,16H,1-11H2. The number of unbranched alkanes of at least 4 members (excludes halogenated alkanes) is 1. The fourth-order valence-corrected chi connectivity index (χ4v) is 2.62. The average molecular weight is 256 g/mol. The maximum atomic E-state index is 12.1. The Morgan fingerprint density at radius 1 is 1.22 bits per heavy atom. The van der Waals surface area contributed by atoms with E-state index in [1.54, 1.807) is 0 Å². The van der Waals surface area contributed by atoms with Crippen LogP contribution in [0.1, 0.15) is 25.7 Å². The Morgan fingerprint density at radius 2 is 2.00 bits per heavy atom. The van der Waals surface area contributed by atoms with E-state index >= 15 is 0 Å². The first-order valence-electron chi connectivity index (χ1n) is 7.05. The van der Waals surface area contributed by atoms with Crippen LogP contribution in [0.5, 0.6) is 0 Å². The van der Waals surface area contributed by atoms with Crippen LogP contribution in [0.15, 0.2) is 0 Å². The Bertz CT molecular complexity index is 259. The fraction of sp³-hybridized carbons (Fsp3) is 0.923. The number of rotatable bonds is 5. The molecule has 2 fully saturated rings. The Morgan fingerprint density at radius 3 is 2.61 bits per heavy atom. The highest BCUT2D eigenvalue weighted by Crippen LogP contribution is 2.16. The van der Waals surface area contributed by atoms with E-state index in [1.807, 2.05) is 4.90 Å². The summed E-state index contributed by atoms with van der Waals surface area (Å²) < 4.78 is 5.44. The van der Waals surface area contributed by atoms with Gasteiger partial charge in [0, 0.05) is 39.4 Å². The second-order valence-corrected chi connectivity index (χ2v) is 5.10. The Kier molecular flexibility index (Phi) is 5.41. The molecule has 2 heterocycles. The van der Waals surface area contributed by atoms with E-state index < -0.39 is 0 Å². The summed E-state index contributed by atoms with van der Waals surface area (Å²) in [5.41, 5.74) is 0. The van der Waals surface area contributed by atoms with Gasteiger partial charge in [-0.25, -0.2) is 0 Å². The van der Waals surface area contributed by atoms with E-state index in [1.165, 1.54) is 0 Å². The van der Waals surface area contributed by atoms with E-state index in [2.05, 4.69) is 4.90 Å². The molecule has 104 valence electrons. The summed E-state index contributed by atoms with van der Waals surface area (Å²) in [5, 5.41) is 8.75. The predicted molar refractivity (Wildman–Crippen MR) is 68.3 cm³/mol. The third-order valence-corrected chi connectivity index (χ3v) is 3.77. The highest BCUT2D eigenvalue weighted by molar-refractivity contribution is 5.81. The van der Waals surface area contributed by atoms with Crippen LogP contribution < -0.4 is 0 Å². The molecule has 5 heteroatoms. The lowest BCUT2D eigenvalue weighted by atomic mass is 10.2. The summed E-state index contributed by atoms with van der Waals surface area (Å²) in [6.07, 6.45) is 3.63. The van der Waals surface area contributed by atoms with Gasteiger partial charge in [0.1, 0.15) is 6.10 Å². The predicted octanol–water partition coefficient (Wildman–Crippen LogP) is 0.0821. The van der Waals surface area contributed by atoms with E-state index in [4.69, 9.17) is 9.84 Å². The number of nitrogens with zero attached hydrogens (tertiary/aromatic N) is 2. The zero-order chi connectivity index (χ0) is 12.8. The van der Waals surface area contributed by atoms with E-state index in [-0.39, 0.29) is 18.6 Å². The molecule has 1 unspecified atom stereocenters. The number of ether oxygens (including phenoxy) is 1. The lowest BCUT2D eigenvalue weighted by Gasteiger charge is -2.35. The van der Waals surface area contributed by atoms with Crippen molar-refractivity contribution in [3.63, 3.8) is 0 Å². The molecular formula is C13H24N2O3. The van der Waals surface area contributed by atoms with Crippen molar-refractivity contribution in [1.82, 2.24) is 9.80 Å². The summed E-state index contributed by atoms with van der Waals surface area (Å²) in [4.78, 5) is 16.4. The van der Waals surface area contributed by atoms with Gasteiger partial charge >= 0.3 is 0 Å². The molecule has 2 saturated heterocycles. The minimum atomic E-state index is -0.175. The van der Waals surface area contributed by atoms with Gasteiger partial charge in [-0.15, -0.1) is 0 Å². The third-order valence-electron chi connectivity index (χ3n) is 3.77. The molecule has 2 aliphatic rings. The highest BCUT2D eigenvalue weighted by atomic mass is 16.5. The first kappa shape index (κ1) is 13.8. The largest absolute Gasteiger partial charge is 0.396 e. The summed E-state index contributed by atoms with van der Waals surface area (Å²) >= 11 is 0. The van der Waals surface area contributed by atoms with Gasteiger partial charge in [0.2, 0.25) is 0 Å². The maximum Gasteiger partial charge on any atom is 0.251 e. The minimum Gasteiger partial charge on any atom is -0.396 e. The van der Waals surface area contributed by atoms with Crippen LogP contribution in [0.25, 0.3) is 0 Å². The van der Waals surface area contributed by atoms with Gasteiger partial charge < -0.3 is 14.7 Å². The number of hydrogen-bond acceptors (Lipinski definition) is 4. The van der Waals surface area contributed by atoms with E-state index in [9.17, 15) is 4.79 Å². The number of carbonyl (C=O) groups excluding carboxylic acids is 1. The molecule has 0 aliphatic carbocycles. The van der Waals surface area contributed by atoms with E-state index in [0.717, 1.165) is 65.0 Å². The normalized spacial score (nSPS) is 25.6. The Labute approximate surface area is 109 Å². The number of amides is 1. The smallest absolute Gasteiger partial charge is 0.251 e. The van der Waals surface area contributed by atoms with Crippen molar-refractivity contribution in [3.05, 3.63) is 0 Å². The minimum absolute atomic E-state index is 0.175. The van der Waals surface area contributed by atoms with E-state index in [0.29, 0.717) is 0 Å². The van der Waals surface area contributed by atoms with Crippen molar-refractivity contribution in [2.45, 2.75) is 31.8 Å². The van der Waals surface area contributed by atoms with Gasteiger partial charge in [0.15, 0.2) is 0 Å². The van der Waals surface area contributed by atoms with Gasteiger partial charge in [-0.3, -0.25) is 9.69 Å². The average Bonchev–Trinajstić information content (AvgIpc) is 2.93. The molecule has 1 atom stereocenters. The van der Waals surface area contributed by atoms with Crippen molar-refractivity contribution in [3.8, 4) is 0 Å². The molecule has 0 aromatic rings.